The highest BCUT2D eigenvalue weighted by atomic mass is 79.9. The molecular weight excluding hydrogens is 388 g/mol. The summed E-state index contributed by atoms with van der Waals surface area (Å²) in [4.78, 5) is 16.7. The van der Waals surface area contributed by atoms with Gasteiger partial charge in [-0.15, -0.1) is 5.10 Å². The predicted molar refractivity (Wildman–Crippen MR) is 99.9 cm³/mol. The van der Waals surface area contributed by atoms with Crippen molar-refractivity contribution in [2.45, 2.75) is 17.3 Å². The number of nitrogens with zero attached hydrogens (tertiary/aromatic N) is 2. The molecule has 3 rings (SSSR count). The molecule has 0 unspecified atom stereocenters. The molecule has 0 aliphatic heterocycles. The molecule has 0 saturated heterocycles. The fourth-order valence-corrected chi connectivity index (χ4v) is 3.00. The summed E-state index contributed by atoms with van der Waals surface area (Å²) in [6, 6.07) is 17.2. The molecule has 0 aliphatic rings. The van der Waals surface area contributed by atoms with Crippen molar-refractivity contribution in [2.75, 3.05) is 5.32 Å². The van der Waals surface area contributed by atoms with Crippen molar-refractivity contribution in [3.05, 3.63) is 59.1 Å². The quantitative estimate of drug-likeness (QED) is 0.622. The molecule has 0 radical (unpaired) electrons. The molecule has 122 valence electrons. The van der Waals surface area contributed by atoms with E-state index in [0.29, 0.717) is 11.0 Å². The summed E-state index contributed by atoms with van der Waals surface area (Å²) >= 11 is 4.68. The maximum atomic E-state index is 12.3. The molecule has 24 heavy (non-hydrogen) atoms. The first-order chi connectivity index (χ1) is 11.6. The molecule has 1 atom stereocenters. The zero-order valence-corrected chi connectivity index (χ0v) is 15.3. The highest BCUT2D eigenvalue weighted by Gasteiger charge is 2.17. The second-order valence-electron chi connectivity index (χ2n) is 5.09. The molecule has 2 aromatic carbocycles. The van der Waals surface area contributed by atoms with Gasteiger partial charge in [-0.05, 0) is 31.2 Å². The van der Waals surface area contributed by atoms with E-state index in [1.54, 1.807) is 0 Å². The lowest BCUT2D eigenvalue weighted by atomic mass is 10.2. The Morgan fingerprint density at radius 3 is 2.58 bits per heavy atom. The summed E-state index contributed by atoms with van der Waals surface area (Å²) in [7, 11) is 0. The van der Waals surface area contributed by atoms with Crippen molar-refractivity contribution in [1.82, 2.24) is 15.2 Å². The van der Waals surface area contributed by atoms with Crippen molar-refractivity contribution >= 4 is 39.3 Å². The third-order valence-corrected chi connectivity index (χ3v) is 4.76. The fourth-order valence-electron chi connectivity index (χ4n) is 2.01. The second-order valence-corrected chi connectivity index (χ2v) is 7.31. The molecule has 2 N–H and O–H groups in total. The minimum atomic E-state index is -0.312. The van der Waals surface area contributed by atoms with E-state index >= 15 is 0 Å². The van der Waals surface area contributed by atoms with E-state index in [1.807, 2.05) is 61.5 Å². The summed E-state index contributed by atoms with van der Waals surface area (Å²) in [5, 5.41) is 10.2. The molecule has 7 heteroatoms. The number of aromatic nitrogens is 3. The Balaban J connectivity index is 1.62. The van der Waals surface area contributed by atoms with E-state index in [1.165, 1.54) is 11.8 Å². The SMILES string of the molecule is C[C@H](Sc1n[nH]c(-c2ccccc2)n1)C(=O)Nc1ccc(Br)cc1. The number of amides is 1. The number of benzene rings is 2. The van der Waals surface area contributed by atoms with Crippen molar-refractivity contribution in [3.63, 3.8) is 0 Å². The van der Waals surface area contributed by atoms with Crippen LogP contribution in [0.3, 0.4) is 0 Å². The highest BCUT2D eigenvalue weighted by Crippen LogP contribution is 2.23. The molecule has 1 heterocycles. The van der Waals surface area contributed by atoms with Crippen LogP contribution in [0.5, 0.6) is 0 Å². The zero-order chi connectivity index (χ0) is 16.9. The van der Waals surface area contributed by atoms with Crippen LogP contribution in [-0.2, 0) is 4.79 Å². The predicted octanol–water partition coefficient (Wildman–Crippen LogP) is 4.35. The van der Waals surface area contributed by atoms with Crippen LogP contribution in [0.4, 0.5) is 5.69 Å². The average molecular weight is 403 g/mol. The van der Waals surface area contributed by atoms with Gasteiger partial charge in [0.25, 0.3) is 0 Å². The van der Waals surface area contributed by atoms with Crippen LogP contribution in [0, 0.1) is 0 Å². The van der Waals surface area contributed by atoms with Gasteiger partial charge in [0.1, 0.15) is 0 Å². The number of anilines is 1. The number of hydrogen-bond acceptors (Lipinski definition) is 4. The van der Waals surface area contributed by atoms with Gasteiger partial charge in [-0.3, -0.25) is 9.89 Å². The lowest BCUT2D eigenvalue weighted by Gasteiger charge is -2.10. The number of thioether (sulfide) groups is 1. The van der Waals surface area contributed by atoms with E-state index < -0.39 is 0 Å². The van der Waals surface area contributed by atoms with Crippen LogP contribution < -0.4 is 5.32 Å². The Bertz CT molecular complexity index is 820. The summed E-state index contributed by atoms with van der Waals surface area (Å²) in [5.74, 6) is 0.604. The number of aromatic amines is 1. The molecule has 0 spiro atoms. The monoisotopic (exact) mass is 402 g/mol. The number of carbonyl (C=O) groups is 1. The Morgan fingerprint density at radius 2 is 1.88 bits per heavy atom. The average Bonchev–Trinajstić information content (AvgIpc) is 3.06. The third-order valence-electron chi connectivity index (χ3n) is 3.28. The number of rotatable bonds is 5. The van der Waals surface area contributed by atoms with Crippen LogP contribution >= 0.6 is 27.7 Å². The summed E-state index contributed by atoms with van der Waals surface area (Å²) < 4.78 is 0.970. The van der Waals surface area contributed by atoms with Gasteiger partial charge in [0.05, 0.1) is 5.25 Å². The molecule has 3 aromatic rings. The Labute approximate surface area is 152 Å². The highest BCUT2D eigenvalue weighted by molar-refractivity contribution is 9.10. The summed E-state index contributed by atoms with van der Waals surface area (Å²) in [5.41, 5.74) is 1.72. The summed E-state index contributed by atoms with van der Waals surface area (Å²) in [6.07, 6.45) is 0. The van der Waals surface area contributed by atoms with Crippen molar-refractivity contribution < 1.29 is 4.79 Å². The maximum Gasteiger partial charge on any atom is 0.237 e. The molecule has 0 saturated carbocycles. The molecule has 1 amide bonds. The van der Waals surface area contributed by atoms with Gasteiger partial charge in [-0.2, -0.15) is 0 Å². The van der Waals surface area contributed by atoms with Gasteiger partial charge in [-0.1, -0.05) is 58.0 Å². The molecular formula is C17H15BrN4OS. The van der Waals surface area contributed by atoms with E-state index in [9.17, 15) is 4.79 Å². The largest absolute Gasteiger partial charge is 0.325 e. The first-order valence-corrected chi connectivity index (χ1v) is 9.00. The standard InChI is InChI=1S/C17H15BrN4OS/c1-11(16(23)19-14-9-7-13(18)8-10-14)24-17-20-15(21-22-17)12-5-3-2-4-6-12/h2-11H,1H3,(H,19,23)(H,20,21,22)/t11-/m0/s1. The number of carbonyl (C=O) groups excluding carboxylic acids is 1. The lowest BCUT2D eigenvalue weighted by molar-refractivity contribution is -0.115. The van der Waals surface area contributed by atoms with E-state index in [2.05, 4.69) is 36.4 Å². The lowest BCUT2D eigenvalue weighted by Crippen LogP contribution is -2.22. The van der Waals surface area contributed by atoms with E-state index in [0.717, 1.165) is 15.7 Å². The van der Waals surface area contributed by atoms with Gasteiger partial charge in [-0.25, -0.2) is 4.98 Å². The number of nitrogens with one attached hydrogen (secondary N) is 2. The molecule has 0 aliphatic carbocycles. The molecule has 1 aromatic heterocycles. The Morgan fingerprint density at radius 1 is 1.17 bits per heavy atom. The second kappa shape index (κ2) is 7.63. The molecule has 0 bridgehead atoms. The minimum Gasteiger partial charge on any atom is -0.325 e. The van der Waals surface area contributed by atoms with Crippen LogP contribution in [0.15, 0.2) is 64.2 Å². The third kappa shape index (κ3) is 4.24. The van der Waals surface area contributed by atoms with Crippen LogP contribution in [-0.4, -0.2) is 26.3 Å². The molecule has 5 nitrogen and oxygen atoms in total. The maximum absolute atomic E-state index is 12.3. The first kappa shape index (κ1) is 16.7. The van der Waals surface area contributed by atoms with Crippen molar-refractivity contribution in [2.24, 2.45) is 0 Å². The fraction of sp³-hybridized carbons (Fsp3) is 0.118. The normalized spacial score (nSPS) is 11.9. The van der Waals surface area contributed by atoms with Gasteiger partial charge < -0.3 is 5.32 Å². The molecule has 0 fully saturated rings. The first-order valence-electron chi connectivity index (χ1n) is 7.33. The van der Waals surface area contributed by atoms with E-state index in [-0.39, 0.29) is 11.2 Å². The van der Waals surface area contributed by atoms with Crippen LogP contribution in [0.25, 0.3) is 11.4 Å². The Kier molecular flexibility index (Phi) is 5.32. The number of halogens is 1. The Hall–Kier alpha value is -2.12. The van der Waals surface area contributed by atoms with Gasteiger partial charge in [0, 0.05) is 15.7 Å². The number of H-pyrrole nitrogens is 1. The van der Waals surface area contributed by atoms with Gasteiger partial charge in [0.15, 0.2) is 5.82 Å². The summed E-state index contributed by atoms with van der Waals surface area (Å²) in [6.45, 7) is 1.83. The van der Waals surface area contributed by atoms with Crippen LogP contribution in [0.2, 0.25) is 0 Å². The van der Waals surface area contributed by atoms with Crippen molar-refractivity contribution in [3.8, 4) is 11.4 Å². The minimum absolute atomic E-state index is 0.0895. The smallest absolute Gasteiger partial charge is 0.237 e. The van der Waals surface area contributed by atoms with Crippen LogP contribution in [0.1, 0.15) is 6.92 Å². The van der Waals surface area contributed by atoms with E-state index in [4.69, 9.17) is 0 Å². The topological polar surface area (TPSA) is 70.7 Å². The van der Waals surface area contributed by atoms with Gasteiger partial charge in [0.2, 0.25) is 11.1 Å². The van der Waals surface area contributed by atoms with Crippen molar-refractivity contribution in [1.29, 1.82) is 0 Å². The number of hydrogen-bond donors (Lipinski definition) is 2. The zero-order valence-electron chi connectivity index (χ0n) is 12.9. The van der Waals surface area contributed by atoms with Gasteiger partial charge >= 0.3 is 0 Å².